The van der Waals surface area contributed by atoms with E-state index < -0.39 is 0 Å². The van der Waals surface area contributed by atoms with E-state index in [2.05, 4.69) is 20.6 Å². The van der Waals surface area contributed by atoms with E-state index in [1.807, 2.05) is 49.4 Å². The Morgan fingerprint density at radius 3 is 2.81 bits per heavy atom. The highest BCUT2D eigenvalue weighted by molar-refractivity contribution is 5.99. The Hall–Kier alpha value is -2.81. The molecule has 2 N–H and O–H groups in total. The number of nitrogens with one attached hydrogen (secondary N) is 2. The summed E-state index contributed by atoms with van der Waals surface area (Å²) in [7, 11) is 1.68. The highest BCUT2D eigenvalue weighted by Crippen LogP contribution is 2.32. The molecule has 2 aliphatic heterocycles. The second-order valence-corrected chi connectivity index (χ2v) is 8.19. The zero-order chi connectivity index (χ0) is 21.8. The van der Waals surface area contributed by atoms with Gasteiger partial charge in [-0.2, -0.15) is 0 Å². The first-order valence-electron chi connectivity index (χ1n) is 10.7. The molecule has 31 heavy (non-hydrogen) atoms. The van der Waals surface area contributed by atoms with Crippen LogP contribution in [0.4, 0.5) is 11.5 Å². The smallest absolute Gasteiger partial charge is 0.247 e. The molecule has 3 heterocycles. The molecular formula is C23H29N5O3. The number of amides is 2. The summed E-state index contributed by atoms with van der Waals surface area (Å²) in [5.41, 5.74) is 5.14. The van der Waals surface area contributed by atoms with Crippen LogP contribution in [0.2, 0.25) is 0 Å². The third-order valence-electron chi connectivity index (χ3n) is 5.93. The normalized spacial score (nSPS) is 23.6. The quantitative estimate of drug-likeness (QED) is 0.661. The minimum absolute atomic E-state index is 0.000813. The van der Waals surface area contributed by atoms with Gasteiger partial charge in [0.05, 0.1) is 23.6 Å². The fourth-order valence-electron chi connectivity index (χ4n) is 4.39. The van der Waals surface area contributed by atoms with Gasteiger partial charge in [0.2, 0.25) is 11.8 Å². The zero-order valence-electron chi connectivity index (χ0n) is 18.0. The van der Waals surface area contributed by atoms with Crippen LogP contribution < -0.4 is 15.8 Å². The molecule has 3 unspecified atom stereocenters. The van der Waals surface area contributed by atoms with Crippen LogP contribution in [0, 0.1) is 18.8 Å². The summed E-state index contributed by atoms with van der Waals surface area (Å²) in [5, 5.41) is 4.55. The Morgan fingerprint density at radius 2 is 2.06 bits per heavy atom. The number of para-hydroxylation sites is 1. The second-order valence-electron chi connectivity index (χ2n) is 8.19. The Bertz CT molecular complexity index is 922. The van der Waals surface area contributed by atoms with Gasteiger partial charge in [-0.1, -0.05) is 18.2 Å². The van der Waals surface area contributed by atoms with Crippen molar-refractivity contribution in [3.8, 4) is 0 Å². The minimum Gasteiger partial charge on any atom is -0.385 e. The van der Waals surface area contributed by atoms with Crippen molar-refractivity contribution in [2.75, 3.05) is 43.7 Å². The van der Waals surface area contributed by atoms with Crippen molar-refractivity contribution in [1.29, 1.82) is 0 Å². The van der Waals surface area contributed by atoms with E-state index in [1.54, 1.807) is 18.3 Å². The largest absolute Gasteiger partial charge is 0.385 e. The summed E-state index contributed by atoms with van der Waals surface area (Å²) >= 11 is 0. The highest BCUT2D eigenvalue weighted by atomic mass is 16.5. The molecule has 1 aromatic heterocycles. The summed E-state index contributed by atoms with van der Waals surface area (Å²) in [6.45, 7) is 4.58. The van der Waals surface area contributed by atoms with Crippen molar-refractivity contribution < 1.29 is 14.3 Å². The van der Waals surface area contributed by atoms with Gasteiger partial charge >= 0.3 is 0 Å². The lowest BCUT2D eigenvalue weighted by Crippen LogP contribution is -2.56. The van der Waals surface area contributed by atoms with Crippen LogP contribution in [0.15, 0.2) is 48.7 Å². The van der Waals surface area contributed by atoms with Crippen LogP contribution in [0.3, 0.4) is 0 Å². The number of carbonyl (C=O) groups excluding carboxylic acids is 2. The fraction of sp³-hybridized carbons (Fsp3) is 0.435. The maximum absolute atomic E-state index is 13.3. The molecule has 2 fully saturated rings. The van der Waals surface area contributed by atoms with Gasteiger partial charge in [0.15, 0.2) is 0 Å². The Kier molecular flexibility index (Phi) is 6.60. The van der Waals surface area contributed by atoms with Gasteiger partial charge in [0.1, 0.15) is 5.82 Å². The van der Waals surface area contributed by atoms with Gasteiger partial charge in [-0.3, -0.25) is 9.59 Å². The number of methoxy groups -OCH3 is 1. The van der Waals surface area contributed by atoms with E-state index in [0.29, 0.717) is 25.5 Å². The third-order valence-corrected chi connectivity index (χ3v) is 5.93. The van der Waals surface area contributed by atoms with E-state index >= 15 is 0 Å². The number of fused-ring (bicyclic) bond motifs is 1. The number of benzene rings is 1. The number of hydrogen-bond acceptors (Lipinski definition) is 6. The molecule has 0 radical (unpaired) electrons. The molecule has 0 aliphatic carbocycles. The van der Waals surface area contributed by atoms with Crippen LogP contribution in [-0.4, -0.2) is 61.1 Å². The monoisotopic (exact) mass is 423 g/mol. The number of likely N-dealkylation sites (tertiary alicyclic amines) is 1. The molecule has 8 nitrogen and oxygen atoms in total. The van der Waals surface area contributed by atoms with Crippen molar-refractivity contribution >= 4 is 23.3 Å². The first-order valence-corrected chi connectivity index (χ1v) is 10.7. The van der Waals surface area contributed by atoms with Crippen molar-refractivity contribution in [3.63, 3.8) is 0 Å². The number of nitrogens with zero attached hydrogens (tertiary/aromatic N) is 3. The van der Waals surface area contributed by atoms with E-state index in [9.17, 15) is 9.59 Å². The number of piperidine rings is 1. The first kappa shape index (κ1) is 21.4. The zero-order valence-corrected chi connectivity index (χ0v) is 18.0. The number of rotatable bonds is 7. The molecule has 2 aliphatic rings. The lowest BCUT2D eigenvalue weighted by atomic mass is 9.84. The third kappa shape index (κ3) is 4.76. The number of hydrazine groups is 1. The maximum Gasteiger partial charge on any atom is 0.247 e. The molecule has 0 saturated carbocycles. The van der Waals surface area contributed by atoms with Gasteiger partial charge in [-0.05, 0) is 43.2 Å². The summed E-state index contributed by atoms with van der Waals surface area (Å²) in [4.78, 5) is 33.0. The van der Waals surface area contributed by atoms with Crippen molar-refractivity contribution in [3.05, 3.63) is 54.2 Å². The van der Waals surface area contributed by atoms with Crippen molar-refractivity contribution in [1.82, 2.24) is 15.3 Å². The molecule has 8 heteroatoms. The molecular weight excluding hydrogens is 394 g/mol. The second kappa shape index (κ2) is 9.55. The summed E-state index contributed by atoms with van der Waals surface area (Å²) < 4.78 is 5.18. The average molecular weight is 424 g/mol. The number of ether oxygens (including phenoxy) is 1. The first-order chi connectivity index (χ1) is 15.1. The number of aryl methyl sites for hydroxylation is 1. The number of pyridine rings is 1. The molecule has 3 atom stereocenters. The minimum atomic E-state index is -0.388. The predicted molar refractivity (Wildman–Crippen MR) is 118 cm³/mol. The molecule has 0 spiro atoms. The van der Waals surface area contributed by atoms with E-state index in [4.69, 9.17) is 4.74 Å². The average Bonchev–Trinajstić information content (AvgIpc) is 3.10. The van der Waals surface area contributed by atoms with Crippen molar-refractivity contribution in [2.24, 2.45) is 11.8 Å². The van der Waals surface area contributed by atoms with E-state index in [-0.39, 0.29) is 29.7 Å². The Labute approximate surface area is 182 Å². The Balaban J connectivity index is 1.55. The van der Waals surface area contributed by atoms with E-state index in [1.165, 1.54) is 0 Å². The molecule has 2 amide bonds. The van der Waals surface area contributed by atoms with Gasteiger partial charge in [-0.25, -0.2) is 15.4 Å². The van der Waals surface area contributed by atoms with Crippen LogP contribution in [0.1, 0.15) is 12.0 Å². The number of aromatic nitrogens is 1. The Morgan fingerprint density at radius 1 is 1.26 bits per heavy atom. The maximum atomic E-state index is 13.3. The molecule has 0 bridgehead atoms. The van der Waals surface area contributed by atoms with Crippen LogP contribution in [0.5, 0.6) is 0 Å². The summed E-state index contributed by atoms with van der Waals surface area (Å²) in [6, 6.07) is 13.0. The van der Waals surface area contributed by atoms with Crippen LogP contribution in [-0.2, 0) is 14.3 Å². The predicted octanol–water partition coefficient (Wildman–Crippen LogP) is 1.83. The summed E-state index contributed by atoms with van der Waals surface area (Å²) in [5.74, 6) is -0.278. The van der Waals surface area contributed by atoms with Crippen molar-refractivity contribution in [2.45, 2.75) is 19.4 Å². The van der Waals surface area contributed by atoms with E-state index in [0.717, 1.165) is 24.2 Å². The SMILES string of the molecule is COCCCN1CC(C(=O)Nc2cc(C)ccn2)C2NN(c3ccccc3)C(=O)C2C1. The summed E-state index contributed by atoms with van der Waals surface area (Å²) in [6.07, 6.45) is 2.53. The van der Waals surface area contributed by atoms with Crippen LogP contribution >= 0.6 is 0 Å². The fourth-order valence-corrected chi connectivity index (χ4v) is 4.39. The lowest BCUT2D eigenvalue weighted by Gasteiger charge is -2.38. The van der Waals surface area contributed by atoms with Gasteiger partial charge in [0, 0.05) is 39.5 Å². The highest BCUT2D eigenvalue weighted by Gasteiger charge is 2.50. The molecule has 1 aromatic carbocycles. The molecule has 2 aromatic rings. The van der Waals surface area contributed by atoms with Gasteiger partial charge < -0.3 is 15.0 Å². The van der Waals surface area contributed by atoms with Gasteiger partial charge in [-0.15, -0.1) is 0 Å². The number of hydrogen-bond donors (Lipinski definition) is 2. The molecule has 164 valence electrons. The molecule has 2 saturated heterocycles. The standard InChI is InChI=1S/C23H29N5O3/c1-16-9-10-24-20(13-16)25-22(29)18-14-27(11-6-12-31-2)15-19-21(18)26-28(23(19)30)17-7-4-3-5-8-17/h3-5,7-10,13,18-19,21,26H,6,11-12,14-15H2,1-2H3,(H,24,25,29). The van der Waals surface area contributed by atoms with Gasteiger partial charge in [0.25, 0.3) is 0 Å². The van der Waals surface area contributed by atoms with Crippen LogP contribution in [0.25, 0.3) is 0 Å². The molecule has 4 rings (SSSR count). The lowest BCUT2D eigenvalue weighted by molar-refractivity contribution is -0.126. The number of anilines is 2. The number of carbonyl (C=O) groups is 2. The topological polar surface area (TPSA) is 86.8 Å².